The van der Waals surface area contributed by atoms with Crippen molar-refractivity contribution in [3.05, 3.63) is 59.7 Å². The first-order valence-electron chi connectivity index (χ1n) is 9.26. The zero-order valence-electron chi connectivity index (χ0n) is 16.1. The van der Waals surface area contributed by atoms with E-state index in [4.69, 9.17) is 0 Å². The highest BCUT2D eigenvalue weighted by Crippen LogP contribution is 2.33. The van der Waals surface area contributed by atoms with Gasteiger partial charge in [-0.1, -0.05) is 24.3 Å². The Balaban J connectivity index is 1.83. The Morgan fingerprint density at radius 3 is 2.63 bits per heavy atom. The first kappa shape index (κ1) is 19.4. The predicted octanol–water partition coefficient (Wildman–Crippen LogP) is 3.89. The summed E-state index contributed by atoms with van der Waals surface area (Å²) in [6, 6.07) is 14.5. The van der Waals surface area contributed by atoms with E-state index in [1.165, 1.54) is 5.56 Å². The Morgan fingerprint density at radius 1 is 1.19 bits per heavy atom. The van der Waals surface area contributed by atoms with E-state index < -0.39 is 10.0 Å². The number of nitrogens with zero attached hydrogens (tertiary/aromatic N) is 2. The lowest BCUT2D eigenvalue weighted by Gasteiger charge is -2.25. The van der Waals surface area contributed by atoms with Crippen molar-refractivity contribution in [3.63, 3.8) is 0 Å². The number of sulfonamides is 1. The summed E-state index contributed by atoms with van der Waals surface area (Å²) in [6.45, 7) is 2.75. The third-order valence-electron chi connectivity index (χ3n) is 5.08. The van der Waals surface area contributed by atoms with E-state index in [1.54, 1.807) is 18.2 Å². The van der Waals surface area contributed by atoms with E-state index in [0.717, 1.165) is 37.2 Å². The molecule has 0 aromatic heterocycles. The highest BCUT2D eigenvalue weighted by Gasteiger charge is 2.23. The SMILES string of the molecule is C/C(=N\CC1CCCc2cc(S(=O)(=O)Nc3ccccc3)ccc21)N(C)C. The van der Waals surface area contributed by atoms with Gasteiger partial charge in [-0.2, -0.15) is 0 Å². The van der Waals surface area contributed by atoms with Gasteiger partial charge in [0.2, 0.25) is 0 Å². The Morgan fingerprint density at radius 2 is 1.93 bits per heavy atom. The quantitative estimate of drug-likeness (QED) is 0.627. The summed E-state index contributed by atoms with van der Waals surface area (Å²) >= 11 is 0. The van der Waals surface area contributed by atoms with E-state index in [2.05, 4.69) is 9.71 Å². The molecule has 27 heavy (non-hydrogen) atoms. The maximum atomic E-state index is 12.7. The minimum absolute atomic E-state index is 0.318. The fourth-order valence-corrected chi connectivity index (χ4v) is 4.46. The molecule has 2 aromatic rings. The molecule has 0 aliphatic heterocycles. The topological polar surface area (TPSA) is 61.8 Å². The predicted molar refractivity (Wildman–Crippen MR) is 111 cm³/mol. The first-order chi connectivity index (χ1) is 12.9. The van der Waals surface area contributed by atoms with E-state index >= 15 is 0 Å². The lowest BCUT2D eigenvalue weighted by Crippen LogP contribution is -2.21. The molecule has 2 aromatic carbocycles. The molecular weight excluding hydrogens is 358 g/mol. The fourth-order valence-electron chi connectivity index (χ4n) is 3.35. The number of amidine groups is 1. The average molecular weight is 386 g/mol. The van der Waals surface area contributed by atoms with Crippen LogP contribution in [0.2, 0.25) is 0 Å². The van der Waals surface area contributed by atoms with Crippen molar-refractivity contribution >= 4 is 21.5 Å². The Labute approximate surface area is 162 Å². The Bertz CT molecular complexity index is 922. The van der Waals surface area contributed by atoms with Gasteiger partial charge in [-0.05, 0) is 61.6 Å². The van der Waals surface area contributed by atoms with Crippen LogP contribution in [0.5, 0.6) is 0 Å². The molecule has 144 valence electrons. The van der Waals surface area contributed by atoms with E-state index in [1.807, 2.05) is 56.3 Å². The van der Waals surface area contributed by atoms with Crippen LogP contribution in [0.3, 0.4) is 0 Å². The summed E-state index contributed by atoms with van der Waals surface area (Å²) in [4.78, 5) is 7.01. The largest absolute Gasteiger partial charge is 0.367 e. The Kier molecular flexibility index (Phi) is 5.85. The number of anilines is 1. The van der Waals surface area contributed by atoms with E-state index in [9.17, 15) is 8.42 Å². The van der Waals surface area contributed by atoms with Gasteiger partial charge in [0, 0.05) is 32.2 Å². The number of hydrogen-bond donors (Lipinski definition) is 1. The van der Waals surface area contributed by atoms with Crippen LogP contribution in [0.25, 0.3) is 0 Å². The monoisotopic (exact) mass is 385 g/mol. The maximum Gasteiger partial charge on any atom is 0.261 e. The molecule has 0 saturated carbocycles. The molecule has 1 unspecified atom stereocenters. The van der Waals surface area contributed by atoms with Crippen molar-refractivity contribution in [1.82, 2.24) is 4.90 Å². The lowest BCUT2D eigenvalue weighted by atomic mass is 9.83. The van der Waals surface area contributed by atoms with Crippen molar-refractivity contribution in [2.24, 2.45) is 4.99 Å². The minimum Gasteiger partial charge on any atom is -0.367 e. The van der Waals surface area contributed by atoms with Crippen LogP contribution >= 0.6 is 0 Å². The highest BCUT2D eigenvalue weighted by molar-refractivity contribution is 7.92. The molecule has 0 radical (unpaired) electrons. The van der Waals surface area contributed by atoms with Gasteiger partial charge in [-0.25, -0.2) is 8.42 Å². The maximum absolute atomic E-state index is 12.7. The third-order valence-corrected chi connectivity index (χ3v) is 6.46. The zero-order chi connectivity index (χ0) is 19.4. The van der Waals surface area contributed by atoms with Crippen molar-refractivity contribution in [1.29, 1.82) is 0 Å². The number of para-hydroxylation sites is 1. The standard InChI is InChI=1S/C21H27N3O2S/c1-16(24(2)3)22-15-18-9-7-8-17-14-20(12-13-21(17)18)27(25,26)23-19-10-5-4-6-11-19/h4-6,10-14,18,23H,7-9,15H2,1-3H3/b22-16+. The normalized spacial score (nSPS) is 17.3. The molecule has 0 saturated heterocycles. The van der Waals surface area contributed by atoms with Crippen molar-refractivity contribution < 1.29 is 8.42 Å². The van der Waals surface area contributed by atoms with Gasteiger partial charge < -0.3 is 4.90 Å². The second-order valence-corrected chi connectivity index (χ2v) is 8.89. The molecule has 3 rings (SSSR count). The van der Waals surface area contributed by atoms with Gasteiger partial charge in [0.25, 0.3) is 10.0 Å². The molecule has 1 N–H and O–H groups in total. The zero-order valence-corrected chi connectivity index (χ0v) is 17.0. The molecule has 5 nitrogen and oxygen atoms in total. The van der Waals surface area contributed by atoms with Crippen LogP contribution in [-0.2, 0) is 16.4 Å². The lowest BCUT2D eigenvalue weighted by molar-refractivity contribution is 0.550. The molecule has 0 fully saturated rings. The minimum atomic E-state index is -3.59. The summed E-state index contributed by atoms with van der Waals surface area (Å²) in [5, 5.41) is 0. The van der Waals surface area contributed by atoms with Crippen molar-refractivity contribution in [2.45, 2.75) is 37.0 Å². The van der Waals surface area contributed by atoms with Crippen LogP contribution in [0.4, 0.5) is 5.69 Å². The number of hydrogen-bond acceptors (Lipinski definition) is 3. The molecule has 1 atom stereocenters. The van der Waals surface area contributed by atoms with Gasteiger partial charge in [0.1, 0.15) is 0 Å². The number of aliphatic imine (C=N–C) groups is 1. The molecule has 0 spiro atoms. The van der Waals surface area contributed by atoms with Gasteiger partial charge in [0.05, 0.1) is 10.7 Å². The average Bonchev–Trinajstić information content (AvgIpc) is 2.65. The summed E-state index contributed by atoms with van der Waals surface area (Å²) in [5.74, 6) is 1.36. The third kappa shape index (κ3) is 4.69. The molecule has 6 heteroatoms. The second-order valence-electron chi connectivity index (χ2n) is 7.20. The van der Waals surface area contributed by atoms with Gasteiger partial charge in [0.15, 0.2) is 0 Å². The molecule has 0 heterocycles. The number of fused-ring (bicyclic) bond motifs is 1. The second kappa shape index (κ2) is 8.13. The van der Waals surface area contributed by atoms with Crippen LogP contribution in [0, 0.1) is 0 Å². The molecule has 0 amide bonds. The summed E-state index contributed by atoms with van der Waals surface area (Å²) in [6.07, 6.45) is 3.06. The first-order valence-corrected chi connectivity index (χ1v) is 10.7. The van der Waals surface area contributed by atoms with Crippen molar-refractivity contribution in [3.8, 4) is 0 Å². The molecule has 1 aliphatic carbocycles. The van der Waals surface area contributed by atoms with E-state index in [-0.39, 0.29) is 0 Å². The Hall–Kier alpha value is -2.34. The van der Waals surface area contributed by atoms with Gasteiger partial charge in [-0.15, -0.1) is 0 Å². The molecule has 1 aliphatic rings. The number of aryl methyl sites for hydroxylation is 1. The van der Waals surface area contributed by atoms with Crippen LogP contribution < -0.4 is 4.72 Å². The smallest absolute Gasteiger partial charge is 0.261 e. The van der Waals surface area contributed by atoms with Gasteiger partial charge in [-0.3, -0.25) is 9.71 Å². The van der Waals surface area contributed by atoms with Crippen LogP contribution in [0.15, 0.2) is 58.4 Å². The van der Waals surface area contributed by atoms with E-state index in [0.29, 0.717) is 16.5 Å². The number of benzene rings is 2. The highest BCUT2D eigenvalue weighted by atomic mass is 32.2. The van der Waals surface area contributed by atoms with Crippen LogP contribution in [-0.4, -0.2) is 39.8 Å². The number of rotatable bonds is 5. The fraction of sp³-hybridized carbons (Fsp3) is 0.381. The van der Waals surface area contributed by atoms with Gasteiger partial charge >= 0.3 is 0 Å². The molecular formula is C21H27N3O2S. The van der Waals surface area contributed by atoms with Crippen LogP contribution in [0.1, 0.15) is 36.8 Å². The summed E-state index contributed by atoms with van der Waals surface area (Å²) in [5.41, 5.74) is 2.93. The van der Waals surface area contributed by atoms with Crippen molar-refractivity contribution in [2.75, 3.05) is 25.4 Å². The summed E-state index contributed by atoms with van der Waals surface area (Å²) in [7, 11) is 0.396. The summed E-state index contributed by atoms with van der Waals surface area (Å²) < 4.78 is 28.1. The number of nitrogens with one attached hydrogen (secondary N) is 1. The molecule has 0 bridgehead atoms.